The topological polar surface area (TPSA) is 46.5 Å². The molecule has 13 heavy (non-hydrogen) atoms. The van der Waals surface area contributed by atoms with Crippen LogP contribution >= 0.6 is 0 Å². The SMILES string of the molecule is C=C(O)c1cccc(C(=O)OC)c1. The Labute approximate surface area is 76.3 Å². The lowest BCUT2D eigenvalue weighted by molar-refractivity contribution is 0.0600. The first-order valence-corrected chi connectivity index (χ1v) is 3.72. The van der Waals surface area contributed by atoms with Gasteiger partial charge in [-0.2, -0.15) is 0 Å². The number of esters is 1. The van der Waals surface area contributed by atoms with Crippen LogP contribution in [0.4, 0.5) is 0 Å². The molecular weight excluding hydrogens is 168 g/mol. The van der Waals surface area contributed by atoms with E-state index in [2.05, 4.69) is 11.3 Å². The standard InChI is InChI=1S/C10H10O3/c1-7(11)8-4-3-5-9(6-8)10(12)13-2/h3-6,11H,1H2,2H3. The minimum Gasteiger partial charge on any atom is -0.508 e. The first kappa shape index (κ1) is 9.32. The van der Waals surface area contributed by atoms with Gasteiger partial charge in [0.05, 0.1) is 12.7 Å². The van der Waals surface area contributed by atoms with Gasteiger partial charge in [-0.3, -0.25) is 0 Å². The Morgan fingerprint density at radius 2 is 2.08 bits per heavy atom. The predicted molar refractivity (Wildman–Crippen MR) is 49.4 cm³/mol. The van der Waals surface area contributed by atoms with Crippen molar-refractivity contribution in [3.63, 3.8) is 0 Å². The smallest absolute Gasteiger partial charge is 0.337 e. The Morgan fingerprint density at radius 3 is 2.62 bits per heavy atom. The van der Waals surface area contributed by atoms with Crippen molar-refractivity contribution in [3.8, 4) is 0 Å². The molecular formula is C10H10O3. The summed E-state index contributed by atoms with van der Waals surface area (Å²) in [5.74, 6) is -0.492. The number of carbonyl (C=O) groups is 1. The average Bonchev–Trinajstić information content (AvgIpc) is 2.17. The first-order chi connectivity index (χ1) is 6.15. The molecule has 0 saturated carbocycles. The summed E-state index contributed by atoms with van der Waals surface area (Å²) in [7, 11) is 1.31. The average molecular weight is 178 g/mol. The third-order valence-corrected chi connectivity index (χ3v) is 1.62. The second kappa shape index (κ2) is 3.76. The molecule has 3 heteroatoms. The van der Waals surface area contributed by atoms with E-state index in [4.69, 9.17) is 5.11 Å². The summed E-state index contributed by atoms with van der Waals surface area (Å²) in [6.45, 7) is 3.36. The lowest BCUT2D eigenvalue weighted by Gasteiger charge is -2.01. The van der Waals surface area contributed by atoms with Crippen LogP contribution in [0.15, 0.2) is 30.8 Å². The van der Waals surface area contributed by atoms with E-state index in [1.165, 1.54) is 13.2 Å². The fourth-order valence-corrected chi connectivity index (χ4v) is 0.944. The van der Waals surface area contributed by atoms with E-state index < -0.39 is 5.97 Å². The molecule has 0 unspecified atom stereocenters. The van der Waals surface area contributed by atoms with Gasteiger partial charge in [-0.15, -0.1) is 0 Å². The van der Waals surface area contributed by atoms with Crippen molar-refractivity contribution >= 4 is 11.7 Å². The summed E-state index contributed by atoms with van der Waals surface area (Å²) in [5.41, 5.74) is 0.915. The van der Waals surface area contributed by atoms with Gasteiger partial charge in [-0.05, 0) is 12.1 Å². The Morgan fingerprint density at radius 1 is 1.46 bits per heavy atom. The molecule has 68 valence electrons. The van der Waals surface area contributed by atoms with Gasteiger partial charge < -0.3 is 9.84 Å². The van der Waals surface area contributed by atoms with Gasteiger partial charge in [-0.25, -0.2) is 4.79 Å². The number of methoxy groups -OCH3 is 1. The highest BCUT2D eigenvalue weighted by molar-refractivity contribution is 5.90. The summed E-state index contributed by atoms with van der Waals surface area (Å²) >= 11 is 0. The van der Waals surface area contributed by atoms with Gasteiger partial charge in [0.2, 0.25) is 0 Å². The number of rotatable bonds is 2. The van der Waals surface area contributed by atoms with E-state index in [0.29, 0.717) is 11.1 Å². The van der Waals surface area contributed by atoms with Gasteiger partial charge in [0, 0.05) is 5.56 Å². The fraction of sp³-hybridized carbons (Fsp3) is 0.100. The molecule has 1 rings (SSSR count). The third kappa shape index (κ3) is 2.08. The van der Waals surface area contributed by atoms with Gasteiger partial charge in [0.25, 0.3) is 0 Å². The maximum atomic E-state index is 11.1. The number of ether oxygens (including phenoxy) is 1. The summed E-state index contributed by atoms with van der Waals surface area (Å²) in [5, 5.41) is 9.06. The van der Waals surface area contributed by atoms with Crippen molar-refractivity contribution in [2.24, 2.45) is 0 Å². The summed E-state index contributed by atoms with van der Waals surface area (Å²) in [6, 6.07) is 6.45. The Kier molecular flexibility index (Phi) is 2.69. The molecule has 1 aromatic carbocycles. The van der Waals surface area contributed by atoms with Crippen LogP contribution in [0.2, 0.25) is 0 Å². The predicted octanol–water partition coefficient (Wildman–Crippen LogP) is 2.00. The number of hydrogen-bond donors (Lipinski definition) is 1. The van der Waals surface area contributed by atoms with Crippen LogP contribution in [-0.2, 0) is 4.74 Å². The summed E-state index contributed by atoms with van der Waals surface area (Å²) < 4.78 is 4.52. The molecule has 0 bridgehead atoms. The van der Waals surface area contributed by atoms with Crippen LogP contribution in [0.25, 0.3) is 5.76 Å². The number of carbonyl (C=O) groups excluding carboxylic acids is 1. The largest absolute Gasteiger partial charge is 0.508 e. The van der Waals surface area contributed by atoms with E-state index in [0.717, 1.165) is 0 Å². The van der Waals surface area contributed by atoms with Crippen molar-refractivity contribution in [3.05, 3.63) is 42.0 Å². The van der Waals surface area contributed by atoms with Crippen LogP contribution in [-0.4, -0.2) is 18.2 Å². The van der Waals surface area contributed by atoms with Gasteiger partial charge in [0.1, 0.15) is 5.76 Å². The van der Waals surface area contributed by atoms with Crippen molar-refractivity contribution in [1.82, 2.24) is 0 Å². The van der Waals surface area contributed by atoms with Crippen LogP contribution in [0, 0.1) is 0 Å². The summed E-state index contributed by atoms with van der Waals surface area (Å²) in [4.78, 5) is 11.1. The van der Waals surface area contributed by atoms with E-state index in [1.54, 1.807) is 18.2 Å². The Bertz CT molecular complexity index is 342. The van der Waals surface area contributed by atoms with Crippen molar-refractivity contribution in [2.75, 3.05) is 7.11 Å². The Balaban J connectivity index is 3.05. The zero-order valence-corrected chi connectivity index (χ0v) is 7.28. The maximum Gasteiger partial charge on any atom is 0.337 e. The second-order valence-corrected chi connectivity index (χ2v) is 2.52. The van der Waals surface area contributed by atoms with Gasteiger partial charge in [-0.1, -0.05) is 18.7 Å². The van der Waals surface area contributed by atoms with Crippen LogP contribution in [0.3, 0.4) is 0 Å². The highest BCUT2D eigenvalue weighted by Crippen LogP contribution is 2.11. The highest BCUT2D eigenvalue weighted by Gasteiger charge is 2.05. The zero-order valence-electron chi connectivity index (χ0n) is 7.28. The van der Waals surface area contributed by atoms with Crippen molar-refractivity contribution in [1.29, 1.82) is 0 Å². The van der Waals surface area contributed by atoms with E-state index in [-0.39, 0.29) is 5.76 Å². The van der Waals surface area contributed by atoms with E-state index >= 15 is 0 Å². The molecule has 0 aliphatic rings. The third-order valence-electron chi connectivity index (χ3n) is 1.62. The molecule has 0 saturated heterocycles. The molecule has 0 spiro atoms. The molecule has 1 aromatic rings. The molecule has 0 fully saturated rings. The highest BCUT2D eigenvalue weighted by atomic mass is 16.5. The molecule has 0 atom stereocenters. The first-order valence-electron chi connectivity index (χ1n) is 3.72. The lowest BCUT2D eigenvalue weighted by atomic mass is 10.1. The number of hydrogen-bond acceptors (Lipinski definition) is 3. The van der Waals surface area contributed by atoms with Crippen LogP contribution in [0.5, 0.6) is 0 Å². The zero-order chi connectivity index (χ0) is 9.84. The van der Waals surface area contributed by atoms with Gasteiger partial charge >= 0.3 is 5.97 Å². The molecule has 0 radical (unpaired) electrons. The maximum absolute atomic E-state index is 11.1. The second-order valence-electron chi connectivity index (χ2n) is 2.52. The minimum absolute atomic E-state index is 0.0641. The van der Waals surface area contributed by atoms with Crippen LogP contribution < -0.4 is 0 Å². The number of benzene rings is 1. The van der Waals surface area contributed by atoms with Crippen molar-refractivity contribution < 1.29 is 14.6 Å². The molecule has 0 aliphatic carbocycles. The van der Waals surface area contributed by atoms with E-state index in [9.17, 15) is 4.79 Å². The number of aliphatic hydroxyl groups is 1. The molecule has 0 aliphatic heterocycles. The molecule has 0 heterocycles. The molecule has 0 amide bonds. The molecule has 1 N–H and O–H groups in total. The Hall–Kier alpha value is -1.77. The number of aliphatic hydroxyl groups excluding tert-OH is 1. The fourth-order valence-electron chi connectivity index (χ4n) is 0.944. The van der Waals surface area contributed by atoms with E-state index in [1.807, 2.05) is 0 Å². The molecule has 3 nitrogen and oxygen atoms in total. The lowest BCUT2D eigenvalue weighted by Crippen LogP contribution is -2.01. The minimum atomic E-state index is -0.428. The summed E-state index contributed by atoms with van der Waals surface area (Å²) in [6.07, 6.45) is 0. The van der Waals surface area contributed by atoms with Gasteiger partial charge in [0.15, 0.2) is 0 Å². The monoisotopic (exact) mass is 178 g/mol. The van der Waals surface area contributed by atoms with Crippen molar-refractivity contribution in [2.45, 2.75) is 0 Å². The quantitative estimate of drug-likeness (QED) is 0.556. The normalized spacial score (nSPS) is 9.31. The van der Waals surface area contributed by atoms with Crippen LogP contribution in [0.1, 0.15) is 15.9 Å². The molecule has 0 aromatic heterocycles.